The maximum Gasteiger partial charge on any atom is 0.293 e. The van der Waals surface area contributed by atoms with E-state index in [1.807, 2.05) is 0 Å². The molecule has 0 unspecified atom stereocenters. The summed E-state index contributed by atoms with van der Waals surface area (Å²) in [7, 11) is -3.65. The fourth-order valence-corrected chi connectivity index (χ4v) is 3.93. The summed E-state index contributed by atoms with van der Waals surface area (Å²) >= 11 is 0. The second kappa shape index (κ2) is 6.37. The lowest BCUT2D eigenvalue weighted by atomic mass is 10.2. The number of benzene rings is 1. The van der Waals surface area contributed by atoms with E-state index in [0.29, 0.717) is 13.1 Å². The van der Waals surface area contributed by atoms with Crippen molar-refractivity contribution in [3.05, 3.63) is 28.3 Å². The van der Waals surface area contributed by atoms with Crippen LogP contribution in [0.4, 0.5) is 11.4 Å². The Bertz CT molecular complexity index is 624. The van der Waals surface area contributed by atoms with E-state index in [1.165, 1.54) is 16.4 Å². The van der Waals surface area contributed by atoms with E-state index in [9.17, 15) is 18.5 Å². The van der Waals surface area contributed by atoms with Crippen molar-refractivity contribution in [1.82, 2.24) is 4.31 Å². The molecule has 0 bridgehead atoms. The third kappa shape index (κ3) is 3.31. The summed E-state index contributed by atoms with van der Waals surface area (Å²) in [5.41, 5.74) is 1.91. The normalized spacial score (nSPS) is 17.2. The summed E-state index contributed by atoms with van der Waals surface area (Å²) in [6.45, 7) is 0.954. The second-order valence-corrected chi connectivity index (χ2v) is 6.84. The summed E-state index contributed by atoms with van der Waals surface area (Å²) in [6.07, 6.45) is 3.69. The van der Waals surface area contributed by atoms with Crippen LogP contribution in [0.5, 0.6) is 0 Å². The summed E-state index contributed by atoms with van der Waals surface area (Å²) in [6, 6.07) is 3.61. The Labute approximate surface area is 123 Å². The number of hydrogen-bond donors (Lipinski definition) is 2. The highest BCUT2D eigenvalue weighted by atomic mass is 32.2. The maximum absolute atomic E-state index is 12.6. The van der Waals surface area contributed by atoms with Gasteiger partial charge in [-0.15, -0.1) is 0 Å². The minimum atomic E-state index is -3.65. The lowest BCUT2D eigenvalue weighted by Crippen LogP contribution is -2.32. The van der Waals surface area contributed by atoms with Crippen molar-refractivity contribution >= 4 is 21.4 Å². The van der Waals surface area contributed by atoms with Crippen LogP contribution in [0.25, 0.3) is 0 Å². The Hall–Kier alpha value is -1.71. The minimum absolute atomic E-state index is 0.0166. The second-order valence-electron chi connectivity index (χ2n) is 4.90. The van der Waals surface area contributed by atoms with Crippen molar-refractivity contribution in [2.75, 3.05) is 18.5 Å². The Morgan fingerprint density at radius 3 is 2.33 bits per heavy atom. The van der Waals surface area contributed by atoms with Gasteiger partial charge in [0.15, 0.2) is 0 Å². The molecule has 1 aromatic rings. The zero-order valence-corrected chi connectivity index (χ0v) is 12.3. The molecule has 3 N–H and O–H groups in total. The van der Waals surface area contributed by atoms with E-state index in [2.05, 4.69) is 5.43 Å². The zero-order valence-electron chi connectivity index (χ0n) is 11.5. The van der Waals surface area contributed by atoms with Crippen LogP contribution in [0.1, 0.15) is 25.7 Å². The van der Waals surface area contributed by atoms with Crippen LogP contribution in [0.15, 0.2) is 23.1 Å². The van der Waals surface area contributed by atoms with Crippen LogP contribution in [-0.4, -0.2) is 30.7 Å². The van der Waals surface area contributed by atoms with Crippen LogP contribution >= 0.6 is 0 Å². The number of hydrazine groups is 1. The standard InChI is InChI=1S/C12H18N4O4S/c13-14-11-9-10(5-6-12(11)16(17)18)21(19,20)15-7-3-1-2-4-8-15/h5-6,9,14H,1-4,7-8,13H2. The molecule has 1 aliphatic heterocycles. The fraction of sp³-hybridized carbons (Fsp3) is 0.500. The Morgan fingerprint density at radius 2 is 1.81 bits per heavy atom. The van der Waals surface area contributed by atoms with Gasteiger partial charge in [-0.3, -0.25) is 16.0 Å². The van der Waals surface area contributed by atoms with Crippen molar-refractivity contribution in [1.29, 1.82) is 0 Å². The number of nitrogens with one attached hydrogen (secondary N) is 1. The summed E-state index contributed by atoms with van der Waals surface area (Å²) in [5.74, 6) is 5.24. The van der Waals surface area contributed by atoms with Gasteiger partial charge in [0.2, 0.25) is 10.0 Å². The number of hydrogen-bond acceptors (Lipinski definition) is 6. The highest BCUT2D eigenvalue weighted by Crippen LogP contribution is 2.28. The molecule has 1 heterocycles. The van der Waals surface area contributed by atoms with Gasteiger partial charge in [0.1, 0.15) is 5.69 Å². The van der Waals surface area contributed by atoms with E-state index in [-0.39, 0.29) is 16.3 Å². The number of sulfonamides is 1. The molecule has 0 aromatic heterocycles. The van der Waals surface area contributed by atoms with Crippen molar-refractivity contribution in [3.8, 4) is 0 Å². The van der Waals surface area contributed by atoms with Crippen molar-refractivity contribution < 1.29 is 13.3 Å². The van der Waals surface area contributed by atoms with Crippen LogP contribution in [0.3, 0.4) is 0 Å². The fourth-order valence-electron chi connectivity index (χ4n) is 2.38. The van der Waals surface area contributed by atoms with Gasteiger partial charge in [0.05, 0.1) is 9.82 Å². The highest BCUT2D eigenvalue weighted by Gasteiger charge is 2.27. The Kier molecular flexibility index (Phi) is 4.76. The molecule has 0 spiro atoms. The molecule has 0 atom stereocenters. The van der Waals surface area contributed by atoms with Gasteiger partial charge in [-0.1, -0.05) is 12.8 Å². The molecule has 116 valence electrons. The molecule has 1 aliphatic rings. The van der Waals surface area contributed by atoms with Crippen LogP contribution in [-0.2, 0) is 10.0 Å². The van der Waals surface area contributed by atoms with Crippen LogP contribution < -0.4 is 11.3 Å². The molecule has 0 saturated carbocycles. The summed E-state index contributed by atoms with van der Waals surface area (Å²) in [5, 5.41) is 10.8. The Balaban J connectivity index is 2.37. The highest BCUT2D eigenvalue weighted by molar-refractivity contribution is 7.89. The monoisotopic (exact) mass is 314 g/mol. The van der Waals surface area contributed by atoms with Gasteiger partial charge in [-0.25, -0.2) is 8.42 Å². The van der Waals surface area contributed by atoms with Crippen molar-refractivity contribution in [2.45, 2.75) is 30.6 Å². The first kappa shape index (κ1) is 15.7. The molecule has 1 fully saturated rings. The predicted octanol–water partition coefficient (Wildman–Crippen LogP) is 1.45. The number of nitrogens with two attached hydrogens (primary N) is 1. The van der Waals surface area contributed by atoms with Crippen molar-refractivity contribution in [2.24, 2.45) is 5.84 Å². The van der Waals surface area contributed by atoms with Gasteiger partial charge in [0, 0.05) is 19.2 Å². The van der Waals surface area contributed by atoms with Gasteiger partial charge in [-0.2, -0.15) is 4.31 Å². The van der Waals surface area contributed by atoms with Gasteiger partial charge in [-0.05, 0) is 25.0 Å². The lowest BCUT2D eigenvalue weighted by molar-refractivity contribution is -0.384. The van der Waals surface area contributed by atoms with E-state index >= 15 is 0 Å². The van der Waals surface area contributed by atoms with Gasteiger partial charge >= 0.3 is 0 Å². The molecule has 1 saturated heterocycles. The molecule has 0 amide bonds. The van der Waals surface area contributed by atoms with Crippen LogP contribution in [0, 0.1) is 10.1 Å². The summed E-state index contributed by atoms with van der Waals surface area (Å²) < 4.78 is 26.6. The quantitative estimate of drug-likeness (QED) is 0.493. The van der Waals surface area contributed by atoms with E-state index in [1.54, 1.807) is 0 Å². The molecular weight excluding hydrogens is 296 g/mol. The first-order valence-corrected chi connectivity index (χ1v) is 8.16. The smallest absolute Gasteiger partial charge is 0.293 e. The largest absolute Gasteiger partial charge is 0.318 e. The number of anilines is 1. The zero-order chi connectivity index (χ0) is 15.5. The summed E-state index contributed by atoms with van der Waals surface area (Å²) in [4.78, 5) is 10.2. The molecule has 2 rings (SSSR count). The number of nitrogens with zero attached hydrogens (tertiary/aromatic N) is 2. The van der Waals surface area contributed by atoms with E-state index in [0.717, 1.165) is 31.7 Å². The lowest BCUT2D eigenvalue weighted by Gasteiger charge is -2.20. The average molecular weight is 314 g/mol. The van der Waals surface area contributed by atoms with E-state index in [4.69, 9.17) is 5.84 Å². The topological polar surface area (TPSA) is 119 Å². The first-order chi connectivity index (χ1) is 9.96. The average Bonchev–Trinajstić information content (AvgIpc) is 2.75. The number of nitro benzene ring substituents is 1. The predicted molar refractivity (Wildman–Crippen MR) is 78.1 cm³/mol. The van der Waals surface area contributed by atoms with E-state index < -0.39 is 14.9 Å². The molecule has 9 heteroatoms. The molecular formula is C12H18N4O4S. The van der Waals surface area contributed by atoms with Crippen molar-refractivity contribution in [3.63, 3.8) is 0 Å². The molecule has 0 radical (unpaired) electrons. The molecule has 1 aromatic carbocycles. The third-order valence-corrected chi connectivity index (χ3v) is 5.42. The SMILES string of the molecule is NNc1cc(S(=O)(=O)N2CCCCCC2)ccc1[N+](=O)[O-]. The number of nitrogen functional groups attached to an aromatic ring is 1. The maximum atomic E-state index is 12.6. The van der Waals surface area contributed by atoms with Gasteiger partial charge in [0.25, 0.3) is 5.69 Å². The van der Waals surface area contributed by atoms with Gasteiger partial charge < -0.3 is 5.43 Å². The van der Waals surface area contributed by atoms with Crippen LogP contribution in [0.2, 0.25) is 0 Å². The Morgan fingerprint density at radius 1 is 1.19 bits per heavy atom. The molecule has 8 nitrogen and oxygen atoms in total. The molecule has 0 aliphatic carbocycles. The number of rotatable bonds is 4. The minimum Gasteiger partial charge on any atom is -0.318 e. The first-order valence-electron chi connectivity index (χ1n) is 6.72. The molecule has 21 heavy (non-hydrogen) atoms. The number of nitro groups is 1. The third-order valence-electron chi connectivity index (χ3n) is 3.52.